The highest BCUT2D eigenvalue weighted by molar-refractivity contribution is 5.96. The smallest absolute Gasteiger partial charge is 0.122 e. The number of nitrogens with one attached hydrogen (secondary N) is 2. The Morgan fingerprint density at radius 2 is 1.52 bits per heavy atom. The molecule has 1 heterocycles. The van der Waals surface area contributed by atoms with Crippen molar-refractivity contribution in [1.29, 1.82) is 10.8 Å². The van der Waals surface area contributed by atoms with Crippen LogP contribution >= 0.6 is 24.8 Å². The van der Waals surface area contributed by atoms with Crippen LogP contribution in [0.1, 0.15) is 11.1 Å². The van der Waals surface area contributed by atoms with Gasteiger partial charge in [0.1, 0.15) is 17.4 Å². The Labute approximate surface area is 156 Å². The molecule has 0 bridgehead atoms. The minimum atomic E-state index is 0. The molecule has 0 radical (unpaired) electrons. The number of benzene rings is 2. The van der Waals surface area contributed by atoms with Crippen molar-refractivity contribution in [1.82, 2.24) is 15.0 Å². The number of nitrogens with zero attached hydrogens (tertiary/aromatic N) is 3. The molecular weight excluding hydrogens is 361 g/mol. The van der Waals surface area contributed by atoms with Gasteiger partial charge >= 0.3 is 0 Å². The zero-order valence-corrected chi connectivity index (χ0v) is 14.6. The summed E-state index contributed by atoms with van der Waals surface area (Å²) in [6.07, 6.45) is 1.79. The van der Waals surface area contributed by atoms with Crippen LogP contribution in [0.3, 0.4) is 0 Å². The van der Waals surface area contributed by atoms with E-state index in [1.165, 1.54) is 0 Å². The molecule has 130 valence electrons. The molecule has 3 aromatic rings. The monoisotopic (exact) mass is 377 g/mol. The van der Waals surface area contributed by atoms with E-state index < -0.39 is 0 Å². The molecule has 3 rings (SSSR count). The van der Waals surface area contributed by atoms with Crippen LogP contribution in [0.2, 0.25) is 0 Å². The summed E-state index contributed by atoms with van der Waals surface area (Å²) >= 11 is 0. The third kappa shape index (κ3) is 4.34. The van der Waals surface area contributed by atoms with E-state index in [2.05, 4.69) is 10.3 Å². The summed E-state index contributed by atoms with van der Waals surface area (Å²) < 4.78 is 1.64. The molecule has 0 saturated carbocycles. The highest BCUT2D eigenvalue weighted by Crippen LogP contribution is 2.19. The fourth-order valence-electron chi connectivity index (χ4n) is 2.16. The minimum absolute atomic E-state index is 0. The summed E-state index contributed by atoms with van der Waals surface area (Å²) in [5, 5.41) is 23.2. The van der Waals surface area contributed by atoms with Gasteiger partial charge in [0.2, 0.25) is 0 Å². The van der Waals surface area contributed by atoms with E-state index in [-0.39, 0.29) is 36.5 Å². The number of hydrogen-bond donors (Lipinski definition) is 4. The molecule has 0 aliphatic heterocycles. The van der Waals surface area contributed by atoms with Crippen LogP contribution in [-0.4, -0.2) is 26.7 Å². The van der Waals surface area contributed by atoms with E-state index in [0.717, 1.165) is 11.3 Å². The van der Waals surface area contributed by atoms with Gasteiger partial charge in [0.25, 0.3) is 0 Å². The highest BCUT2D eigenvalue weighted by atomic mass is 35.5. The molecule has 0 spiro atoms. The fraction of sp³-hybridized carbons (Fsp3) is 0. The highest BCUT2D eigenvalue weighted by Gasteiger charge is 2.07. The maximum absolute atomic E-state index is 7.50. The van der Waals surface area contributed by atoms with Gasteiger partial charge in [-0.3, -0.25) is 10.8 Å². The van der Waals surface area contributed by atoms with Gasteiger partial charge in [-0.25, -0.2) is 4.68 Å². The summed E-state index contributed by atoms with van der Waals surface area (Å²) in [6, 6.07) is 14.5. The molecule has 0 amide bonds. The Balaban J connectivity index is 0.00000156. The molecule has 1 aromatic heterocycles. The molecule has 0 atom stereocenters. The van der Waals surface area contributed by atoms with Gasteiger partial charge < -0.3 is 11.5 Å². The Kier molecular flexibility index (Phi) is 6.67. The number of nitrogen functional groups attached to an aromatic ring is 2. The number of amidine groups is 2. The summed E-state index contributed by atoms with van der Waals surface area (Å²) in [5.41, 5.74) is 14.6. The lowest BCUT2D eigenvalue weighted by Crippen LogP contribution is -2.10. The standard InChI is InChI=1S/C16H15N7.2ClH/c17-15(18)10-4-6-13(7-5-10)23-9-14(21-22-23)11-2-1-3-12(8-11)16(19)20;;/h1-9H,(H3,17,18)(H3,19,20);2*1H. The molecule has 25 heavy (non-hydrogen) atoms. The van der Waals surface area contributed by atoms with Crippen molar-refractivity contribution in [2.45, 2.75) is 0 Å². The number of aromatic nitrogens is 3. The molecule has 0 aliphatic carbocycles. The first kappa shape index (κ1) is 20.1. The molecule has 0 unspecified atom stereocenters. The first-order valence-electron chi connectivity index (χ1n) is 6.86. The van der Waals surface area contributed by atoms with Gasteiger partial charge in [-0.15, -0.1) is 29.9 Å². The maximum atomic E-state index is 7.50. The molecule has 0 saturated heterocycles. The summed E-state index contributed by atoms with van der Waals surface area (Å²) in [5.74, 6) is 0.0379. The fourth-order valence-corrected chi connectivity index (χ4v) is 2.16. The summed E-state index contributed by atoms with van der Waals surface area (Å²) in [7, 11) is 0. The molecular formula is C16H17Cl2N7. The molecule has 6 N–H and O–H groups in total. The van der Waals surface area contributed by atoms with Crippen molar-refractivity contribution >= 4 is 36.5 Å². The predicted octanol–water partition coefficient (Wildman–Crippen LogP) is 2.35. The molecule has 7 nitrogen and oxygen atoms in total. The SMILES string of the molecule is Cl.Cl.N=C(N)c1ccc(-n2cc(-c3cccc(C(=N)N)c3)nn2)cc1. The zero-order chi connectivity index (χ0) is 16.4. The van der Waals surface area contributed by atoms with Crippen LogP contribution in [-0.2, 0) is 0 Å². The number of rotatable bonds is 4. The second kappa shape index (κ2) is 8.27. The van der Waals surface area contributed by atoms with Gasteiger partial charge in [-0.2, -0.15) is 0 Å². The second-order valence-corrected chi connectivity index (χ2v) is 5.00. The third-order valence-corrected chi connectivity index (χ3v) is 3.41. The van der Waals surface area contributed by atoms with E-state index in [9.17, 15) is 0 Å². The van der Waals surface area contributed by atoms with Crippen molar-refractivity contribution in [2.24, 2.45) is 11.5 Å². The lowest BCUT2D eigenvalue weighted by Gasteiger charge is -2.02. The Morgan fingerprint density at radius 3 is 2.12 bits per heavy atom. The Bertz CT molecular complexity index is 888. The van der Waals surface area contributed by atoms with E-state index in [1.807, 2.05) is 24.3 Å². The number of nitrogens with two attached hydrogens (primary N) is 2. The van der Waals surface area contributed by atoms with Crippen molar-refractivity contribution in [3.05, 3.63) is 65.9 Å². The van der Waals surface area contributed by atoms with Gasteiger partial charge in [-0.1, -0.05) is 23.4 Å². The van der Waals surface area contributed by atoms with Gasteiger partial charge in [0, 0.05) is 16.7 Å². The number of hydrogen-bond acceptors (Lipinski definition) is 4. The Hall–Kier alpha value is -2.90. The normalized spacial score (nSPS) is 9.60. The first-order valence-corrected chi connectivity index (χ1v) is 6.86. The van der Waals surface area contributed by atoms with Crippen LogP contribution in [0.25, 0.3) is 16.9 Å². The quantitative estimate of drug-likeness (QED) is 0.410. The number of halogens is 2. The largest absolute Gasteiger partial charge is 0.384 e. The topological polar surface area (TPSA) is 130 Å². The van der Waals surface area contributed by atoms with Crippen molar-refractivity contribution in [3.8, 4) is 16.9 Å². The first-order chi connectivity index (χ1) is 11.0. The molecule has 2 aromatic carbocycles. The zero-order valence-electron chi connectivity index (χ0n) is 13.0. The van der Waals surface area contributed by atoms with Crippen LogP contribution in [0.15, 0.2) is 54.7 Å². The van der Waals surface area contributed by atoms with Crippen LogP contribution in [0.4, 0.5) is 0 Å². The van der Waals surface area contributed by atoms with E-state index in [4.69, 9.17) is 22.3 Å². The predicted molar refractivity (Wildman–Crippen MR) is 103 cm³/mol. The molecule has 0 fully saturated rings. The van der Waals surface area contributed by atoms with Crippen LogP contribution in [0, 0.1) is 10.8 Å². The van der Waals surface area contributed by atoms with Gasteiger partial charge in [0.15, 0.2) is 0 Å². The average Bonchev–Trinajstić information content (AvgIpc) is 3.05. The maximum Gasteiger partial charge on any atom is 0.122 e. The van der Waals surface area contributed by atoms with Crippen LogP contribution < -0.4 is 11.5 Å². The van der Waals surface area contributed by atoms with E-state index in [0.29, 0.717) is 16.8 Å². The minimum Gasteiger partial charge on any atom is -0.384 e. The third-order valence-electron chi connectivity index (χ3n) is 3.41. The average molecular weight is 378 g/mol. The van der Waals surface area contributed by atoms with Crippen molar-refractivity contribution in [3.63, 3.8) is 0 Å². The van der Waals surface area contributed by atoms with Gasteiger partial charge in [-0.05, 0) is 30.3 Å². The second-order valence-electron chi connectivity index (χ2n) is 5.00. The summed E-state index contributed by atoms with van der Waals surface area (Å²) in [4.78, 5) is 0. The van der Waals surface area contributed by atoms with Crippen LogP contribution in [0.5, 0.6) is 0 Å². The Morgan fingerprint density at radius 1 is 0.880 bits per heavy atom. The molecule has 9 heteroatoms. The molecule has 0 aliphatic rings. The van der Waals surface area contributed by atoms with E-state index >= 15 is 0 Å². The lowest BCUT2D eigenvalue weighted by atomic mass is 10.1. The summed E-state index contributed by atoms with van der Waals surface area (Å²) in [6.45, 7) is 0. The van der Waals surface area contributed by atoms with Crippen molar-refractivity contribution < 1.29 is 0 Å². The van der Waals surface area contributed by atoms with E-state index in [1.54, 1.807) is 35.1 Å². The van der Waals surface area contributed by atoms with Crippen molar-refractivity contribution in [2.75, 3.05) is 0 Å². The van der Waals surface area contributed by atoms with Gasteiger partial charge in [0.05, 0.1) is 11.9 Å². The lowest BCUT2D eigenvalue weighted by molar-refractivity contribution is 0.804.